The number of carbonyl (C=O) groups excluding carboxylic acids is 1. The summed E-state index contributed by atoms with van der Waals surface area (Å²) < 4.78 is 0. The second-order valence-corrected chi connectivity index (χ2v) is 14.2. The third kappa shape index (κ3) is 33.1. The quantitative estimate of drug-likeness (QED) is 0.0390. The molecule has 4 N–H and O–H groups in total. The zero-order valence-corrected chi connectivity index (χ0v) is 31.9. The van der Waals surface area contributed by atoms with Crippen molar-refractivity contribution < 1.29 is 20.1 Å². The molecule has 0 radical (unpaired) electrons. The molecule has 3 atom stereocenters. The first-order chi connectivity index (χ1) is 23.6. The second-order valence-electron chi connectivity index (χ2n) is 14.2. The van der Waals surface area contributed by atoms with E-state index in [0.717, 1.165) is 38.5 Å². The van der Waals surface area contributed by atoms with Crippen molar-refractivity contribution >= 4 is 5.91 Å². The average molecular weight is 676 g/mol. The van der Waals surface area contributed by atoms with Crippen LogP contribution in [-0.4, -0.2) is 46.1 Å². The molecule has 1 amide bonds. The molecule has 0 aromatic heterocycles. The smallest absolute Gasteiger partial charge is 0.249 e. The molecule has 0 aliphatic rings. The Labute approximate surface area is 298 Å². The van der Waals surface area contributed by atoms with Crippen LogP contribution < -0.4 is 5.32 Å². The first kappa shape index (κ1) is 46.6. The molecule has 0 saturated heterocycles. The highest BCUT2D eigenvalue weighted by atomic mass is 16.3. The number of allylic oxidation sites excluding steroid dienone is 5. The fourth-order valence-electron chi connectivity index (χ4n) is 6.14. The standard InChI is InChI=1S/C43H81NO4/c1-3-5-7-9-11-13-15-17-19-21-22-24-25-27-29-31-33-35-37-41(46)40(39-45)44-43(48)42(47)38-36-34-32-30-28-26-23-20-18-16-14-12-10-8-6-4-2/h18,20,27,29,35,37,40-42,45-47H,3-17,19,21-26,28,30-34,36,38-39H2,1-2H3,(H,44,48)/b20-18-,29-27+,37-35+. The van der Waals surface area contributed by atoms with Crippen molar-refractivity contribution in [1.82, 2.24) is 5.32 Å². The normalized spacial score (nSPS) is 14.0. The van der Waals surface area contributed by atoms with Crippen LogP contribution in [0.2, 0.25) is 0 Å². The van der Waals surface area contributed by atoms with Gasteiger partial charge in [0.15, 0.2) is 0 Å². The molecule has 0 fully saturated rings. The van der Waals surface area contributed by atoms with Gasteiger partial charge in [-0.15, -0.1) is 0 Å². The van der Waals surface area contributed by atoms with Crippen molar-refractivity contribution in [2.45, 2.75) is 225 Å². The summed E-state index contributed by atoms with van der Waals surface area (Å²) in [7, 11) is 0. The molecule has 282 valence electrons. The summed E-state index contributed by atoms with van der Waals surface area (Å²) in [6.45, 7) is 4.16. The Balaban J connectivity index is 3.76. The average Bonchev–Trinajstić information content (AvgIpc) is 3.09. The van der Waals surface area contributed by atoms with Crippen LogP contribution in [-0.2, 0) is 4.79 Å². The Bertz CT molecular complexity index is 749. The SMILES string of the molecule is CCCCCCCC/C=C\CCCCCCCCC(O)C(=O)NC(CO)C(O)/C=C/CC/C=C/CCCCCCCCCCCCCC. The molecule has 0 spiro atoms. The highest BCUT2D eigenvalue weighted by molar-refractivity contribution is 5.80. The van der Waals surface area contributed by atoms with Crippen molar-refractivity contribution in [2.75, 3.05) is 6.61 Å². The Morgan fingerprint density at radius 1 is 0.500 bits per heavy atom. The Morgan fingerprint density at radius 3 is 1.27 bits per heavy atom. The van der Waals surface area contributed by atoms with Gasteiger partial charge in [0.2, 0.25) is 5.91 Å². The maximum atomic E-state index is 12.4. The van der Waals surface area contributed by atoms with Crippen LogP contribution >= 0.6 is 0 Å². The summed E-state index contributed by atoms with van der Waals surface area (Å²) >= 11 is 0. The van der Waals surface area contributed by atoms with Crippen LogP contribution in [0.15, 0.2) is 36.5 Å². The number of carbonyl (C=O) groups is 1. The molecule has 0 bridgehead atoms. The molecule has 0 heterocycles. The van der Waals surface area contributed by atoms with Gasteiger partial charge in [-0.2, -0.15) is 0 Å². The lowest BCUT2D eigenvalue weighted by Crippen LogP contribution is -2.48. The van der Waals surface area contributed by atoms with Gasteiger partial charge >= 0.3 is 0 Å². The zero-order valence-electron chi connectivity index (χ0n) is 31.9. The number of aliphatic hydroxyl groups excluding tert-OH is 3. The van der Waals surface area contributed by atoms with E-state index in [1.165, 1.54) is 148 Å². The molecule has 5 nitrogen and oxygen atoms in total. The van der Waals surface area contributed by atoms with E-state index in [4.69, 9.17) is 0 Å². The van der Waals surface area contributed by atoms with Crippen molar-refractivity contribution in [3.63, 3.8) is 0 Å². The molecule has 0 aromatic rings. The maximum absolute atomic E-state index is 12.4. The first-order valence-corrected chi connectivity index (χ1v) is 20.8. The molecular formula is C43H81NO4. The fraction of sp³-hybridized carbons (Fsp3) is 0.837. The molecule has 0 aromatic carbocycles. The number of hydrogen-bond donors (Lipinski definition) is 4. The van der Waals surface area contributed by atoms with Crippen LogP contribution in [0.4, 0.5) is 0 Å². The number of nitrogens with one attached hydrogen (secondary N) is 1. The largest absolute Gasteiger partial charge is 0.394 e. The molecule has 48 heavy (non-hydrogen) atoms. The van der Waals surface area contributed by atoms with Gasteiger partial charge in [-0.05, 0) is 57.8 Å². The molecule has 5 heteroatoms. The number of unbranched alkanes of at least 4 members (excludes halogenated alkanes) is 25. The molecule has 3 unspecified atom stereocenters. The van der Waals surface area contributed by atoms with Crippen molar-refractivity contribution in [3.05, 3.63) is 36.5 Å². The summed E-state index contributed by atoms with van der Waals surface area (Å²) in [6.07, 6.45) is 47.4. The van der Waals surface area contributed by atoms with Gasteiger partial charge in [-0.25, -0.2) is 0 Å². The lowest BCUT2D eigenvalue weighted by molar-refractivity contribution is -0.131. The fourth-order valence-corrected chi connectivity index (χ4v) is 6.14. The molecule has 0 aliphatic carbocycles. The Kier molecular flexibility index (Phi) is 37.2. The van der Waals surface area contributed by atoms with Crippen molar-refractivity contribution in [1.29, 1.82) is 0 Å². The van der Waals surface area contributed by atoms with E-state index in [2.05, 4.69) is 43.5 Å². The van der Waals surface area contributed by atoms with Crippen LogP contribution in [0.5, 0.6) is 0 Å². The van der Waals surface area contributed by atoms with Crippen LogP contribution in [0.1, 0.15) is 206 Å². The van der Waals surface area contributed by atoms with E-state index in [1.807, 2.05) is 6.08 Å². The summed E-state index contributed by atoms with van der Waals surface area (Å²) in [5.74, 6) is -0.519. The topological polar surface area (TPSA) is 89.8 Å². The summed E-state index contributed by atoms with van der Waals surface area (Å²) in [5.41, 5.74) is 0. The minimum absolute atomic E-state index is 0.378. The van der Waals surface area contributed by atoms with Crippen LogP contribution in [0, 0.1) is 0 Å². The van der Waals surface area contributed by atoms with Gasteiger partial charge in [-0.3, -0.25) is 4.79 Å². The summed E-state index contributed by atoms with van der Waals surface area (Å²) in [5, 5.41) is 33.0. The van der Waals surface area contributed by atoms with E-state index in [9.17, 15) is 20.1 Å². The van der Waals surface area contributed by atoms with Gasteiger partial charge in [0.05, 0.1) is 18.8 Å². The number of amides is 1. The van der Waals surface area contributed by atoms with E-state index in [0.29, 0.717) is 6.42 Å². The monoisotopic (exact) mass is 676 g/mol. The predicted octanol–water partition coefficient (Wildman–Crippen LogP) is 11.6. The summed E-state index contributed by atoms with van der Waals surface area (Å²) in [6, 6.07) is -0.815. The van der Waals surface area contributed by atoms with Gasteiger partial charge < -0.3 is 20.6 Å². The van der Waals surface area contributed by atoms with E-state index >= 15 is 0 Å². The van der Waals surface area contributed by atoms with Gasteiger partial charge in [0.1, 0.15) is 6.10 Å². The third-order valence-corrected chi connectivity index (χ3v) is 9.45. The number of hydrogen-bond acceptors (Lipinski definition) is 4. The lowest BCUT2D eigenvalue weighted by atomic mass is 10.0. The molecule has 0 saturated carbocycles. The third-order valence-electron chi connectivity index (χ3n) is 9.45. The van der Waals surface area contributed by atoms with Crippen LogP contribution in [0.3, 0.4) is 0 Å². The minimum Gasteiger partial charge on any atom is -0.394 e. The first-order valence-electron chi connectivity index (χ1n) is 20.8. The Hall–Kier alpha value is -1.43. The van der Waals surface area contributed by atoms with E-state index in [-0.39, 0.29) is 6.61 Å². The highest BCUT2D eigenvalue weighted by Crippen LogP contribution is 2.14. The van der Waals surface area contributed by atoms with Crippen molar-refractivity contribution in [2.24, 2.45) is 0 Å². The highest BCUT2D eigenvalue weighted by Gasteiger charge is 2.22. The molecule has 0 aliphatic heterocycles. The van der Waals surface area contributed by atoms with Crippen LogP contribution in [0.25, 0.3) is 0 Å². The van der Waals surface area contributed by atoms with Gasteiger partial charge in [0, 0.05) is 0 Å². The zero-order chi connectivity index (χ0) is 35.2. The lowest BCUT2D eigenvalue weighted by Gasteiger charge is -2.21. The van der Waals surface area contributed by atoms with Gasteiger partial charge in [-0.1, -0.05) is 185 Å². The summed E-state index contributed by atoms with van der Waals surface area (Å²) in [4.78, 5) is 12.4. The van der Waals surface area contributed by atoms with E-state index < -0.39 is 24.2 Å². The number of rotatable bonds is 37. The molecular weight excluding hydrogens is 594 g/mol. The second kappa shape index (κ2) is 38.4. The Morgan fingerprint density at radius 2 is 0.854 bits per heavy atom. The van der Waals surface area contributed by atoms with E-state index in [1.54, 1.807) is 6.08 Å². The minimum atomic E-state index is -1.11. The number of aliphatic hydroxyl groups is 3. The maximum Gasteiger partial charge on any atom is 0.249 e. The molecule has 0 rings (SSSR count). The van der Waals surface area contributed by atoms with Crippen molar-refractivity contribution in [3.8, 4) is 0 Å². The van der Waals surface area contributed by atoms with Gasteiger partial charge in [0.25, 0.3) is 0 Å². The predicted molar refractivity (Wildman–Crippen MR) is 208 cm³/mol.